The van der Waals surface area contributed by atoms with Crippen LogP contribution in [0.3, 0.4) is 0 Å². The van der Waals surface area contributed by atoms with Crippen molar-refractivity contribution >= 4 is 21.8 Å². The molecule has 0 bridgehead atoms. The van der Waals surface area contributed by atoms with Crippen LogP contribution < -0.4 is 0 Å². The Balaban J connectivity index is 1.34. The summed E-state index contributed by atoms with van der Waals surface area (Å²) in [5, 5.41) is 23.5. The summed E-state index contributed by atoms with van der Waals surface area (Å²) < 4.78 is 2.31. The van der Waals surface area contributed by atoms with Crippen LogP contribution in [0.25, 0.3) is 94.8 Å². The summed E-state index contributed by atoms with van der Waals surface area (Å²) in [4.78, 5) is 10.3. The highest BCUT2D eigenvalue weighted by Gasteiger charge is 2.25. The molecule has 0 N–H and O–H groups in total. The van der Waals surface area contributed by atoms with Crippen LogP contribution in [0.1, 0.15) is 16.7 Å². The molecule has 2 aromatic heterocycles. The van der Waals surface area contributed by atoms with Crippen LogP contribution in [0.5, 0.6) is 0 Å². The average Bonchev–Trinajstić information content (AvgIpc) is 3.65. The first kappa shape index (κ1) is 36.0. The second kappa shape index (κ2) is 15.2. The topological polar surface area (TPSA) is 78.3 Å². The molecule has 2 heterocycles. The number of rotatable bonds is 7. The van der Waals surface area contributed by atoms with Crippen LogP contribution in [-0.4, -0.2) is 14.5 Å². The molecule has 10 rings (SSSR count). The van der Waals surface area contributed by atoms with Crippen molar-refractivity contribution in [3.8, 4) is 85.1 Å². The van der Waals surface area contributed by atoms with Crippen LogP contribution in [-0.2, 0) is 0 Å². The summed E-state index contributed by atoms with van der Waals surface area (Å²) in [5.41, 5.74) is 14.8. The third kappa shape index (κ3) is 6.38. The van der Waals surface area contributed by atoms with E-state index < -0.39 is 0 Å². The summed E-state index contributed by atoms with van der Waals surface area (Å²) in [6.07, 6.45) is 0. The molecule has 0 amide bonds. The molecule has 0 spiro atoms. The molecule has 5 heteroatoms. The number of aromatic nitrogens is 3. The lowest BCUT2D eigenvalue weighted by molar-refractivity contribution is 1.17. The van der Waals surface area contributed by atoms with E-state index in [9.17, 15) is 10.5 Å². The fourth-order valence-electron chi connectivity index (χ4n) is 8.27. The Morgan fingerprint density at radius 2 is 0.917 bits per heavy atom. The van der Waals surface area contributed by atoms with Crippen LogP contribution in [0.15, 0.2) is 194 Å². The second-order valence-corrected chi connectivity index (χ2v) is 14.9. The Morgan fingerprint density at radius 3 is 1.55 bits per heavy atom. The molecular weight excluding hydrogens is 731 g/mol. The number of hydrogen-bond acceptors (Lipinski definition) is 4. The van der Waals surface area contributed by atoms with Gasteiger partial charge in [0.05, 0.1) is 51.4 Å². The molecule has 0 unspecified atom stereocenters. The zero-order valence-corrected chi connectivity index (χ0v) is 32.7. The molecular formula is C55H35N5. The van der Waals surface area contributed by atoms with Crippen LogP contribution in [0.4, 0.5) is 0 Å². The largest absolute Gasteiger partial charge is 0.308 e. The fourth-order valence-corrected chi connectivity index (χ4v) is 8.27. The van der Waals surface area contributed by atoms with E-state index in [2.05, 4.69) is 115 Å². The Kier molecular flexibility index (Phi) is 9.10. The minimum atomic E-state index is 0.537. The maximum Gasteiger partial charge on any atom is 0.160 e. The molecule has 280 valence electrons. The van der Waals surface area contributed by atoms with Gasteiger partial charge in [0.25, 0.3) is 0 Å². The molecule has 8 aromatic carbocycles. The lowest BCUT2D eigenvalue weighted by atomic mass is 9.88. The number of aryl methyl sites for hydroxylation is 1. The lowest BCUT2D eigenvalue weighted by Crippen LogP contribution is -2.04. The van der Waals surface area contributed by atoms with Gasteiger partial charge in [0.2, 0.25) is 0 Å². The van der Waals surface area contributed by atoms with Crippen LogP contribution in [0.2, 0.25) is 0 Å². The summed E-state index contributed by atoms with van der Waals surface area (Å²) >= 11 is 0. The summed E-state index contributed by atoms with van der Waals surface area (Å²) in [7, 11) is 0. The second-order valence-electron chi connectivity index (χ2n) is 14.9. The number of nitriles is 2. The van der Waals surface area contributed by atoms with Gasteiger partial charge in [0.1, 0.15) is 0 Å². The predicted molar refractivity (Wildman–Crippen MR) is 243 cm³/mol. The maximum absolute atomic E-state index is 10.7. The monoisotopic (exact) mass is 765 g/mol. The van der Waals surface area contributed by atoms with E-state index in [0.717, 1.165) is 83.3 Å². The van der Waals surface area contributed by atoms with Gasteiger partial charge in [0.15, 0.2) is 5.82 Å². The lowest BCUT2D eigenvalue weighted by Gasteiger charge is -2.22. The van der Waals surface area contributed by atoms with Gasteiger partial charge in [-0.05, 0) is 66.6 Å². The van der Waals surface area contributed by atoms with Crippen molar-refractivity contribution in [1.82, 2.24) is 14.5 Å². The molecule has 0 saturated heterocycles. The van der Waals surface area contributed by atoms with E-state index in [4.69, 9.17) is 9.97 Å². The van der Waals surface area contributed by atoms with Crippen molar-refractivity contribution in [2.45, 2.75) is 6.92 Å². The molecule has 0 aliphatic heterocycles. The van der Waals surface area contributed by atoms with Gasteiger partial charge in [-0.25, -0.2) is 9.97 Å². The minimum absolute atomic E-state index is 0.537. The van der Waals surface area contributed by atoms with Crippen molar-refractivity contribution in [1.29, 1.82) is 10.5 Å². The molecule has 5 nitrogen and oxygen atoms in total. The van der Waals surface area contributed by atoms with E-state index >= 15 is 0 Å². The SMILES string of the molecule is Cc1ccc(-c2ccc3c(c2)c2ccccc2n3-c2c(-c3ccccc3C#N)cc(-c3cc(-c4ccccc4)nc(-c4ccccc4)n3)cc2-c2ccccc2C#N)cc1. The molecule has 0 aliphatic carbocycles. The van der Waals surface area contributed by atoms with Crippen molar-refractivity contribution in [3.63, 3.8) is 0 Å². The summed E-state index contributed by atoms with van der Waals surface area (Å²) in [6.45, 7) is 2.10. The zero-order chi connectivity index (χ0) is 40.6. The van der Waals surface area contributed by atoms with Gasteiger partial charge in [-0.3, -0.25) is 0 Å². The van der Waals surface area contributed by atoms with Gasteiger partial charge in [0, 0.05) is 49.7 Å². The van der Waals surface area contributed by atoms with Crippen molar-refractivity contribution in [2.24, 2.45) is 0 Å². The van der Waals surface area contributed by atoms with Crippen molar-refractivity contribution in [2.75, 3.05) is 0 Å². The highest BCUT2D eigenvalue weighted by molar-refractivity contribution is 6.12. The summed E-state index contributed by atoms with van der Waals surface area (Å²) in [6, 6.07) is 70.7. The van der Waals surface area contributed by atoms with Gasteiger partial charge in [-0.1, -0.05) is 151 Å². The van der Waals surface area contributed by atoms with Gasteiger partial charge >= 0.3 is 0 Å². The maximum atomic E-state index is 10.7. The van der Waals surface area contributed by atoms with Gasteiger partial charge in [-0.15, -0.1) is 0 Å². The third-order valence-electron chi connectivity index (χ3n) is 11.2. The highest BCUT2D eigenvalue weighted by Crippen LogP contribution is 2.46. The standard InChI is InChI=1S/C55H35N5/c1-36-24-26-37(27-25-36)40-28-29-53-47(30-40)46-22-12-13-23-52(46)60(53)54-48(44-20-10-8-18-41(44)34-56)31-43(32-49(54)45-21-11-9-19-42(45)35-57)51-33-50(38-14-4-2-5-15-38)58-55(59-51)39-16-6-3-7-17-39/h2-33H,1H3. The number of nitrogens with zero attached hydrogens (tertiary/aromatic N) is 5. The van der Waals surface area contributed by atoms with E-state index in [0.29, 0.717) is 22.6 Å². The summed E-state index contributed by atoms with van der Waals surface area (Å²) in [5.74, 6) is 0.598. The fraction of sp³-hybridized carbons (Fsp3) is 0.0182. The third-order valence-corrected chi connectivity index (χ3v) is 11.2. The van der Waals surface area contributed by atoms with Crippen LogP contribution >= 0.6 is 0 Å². The number of benzene rings is 8. The first-order valence-electron chi connectivity index (χ1n) is 19.9. The zero-order valence-electron chi connectivity index (χ0n) is 32.7. The van der Waals surface area contributed by atoms with Crippen molar-refractivity contribution in [3.05, 3.63) is 211 Å². The Morgan fingerprint density at radius 1 is 0.400 bits per heavy atom. The molecule has 0 atom stereocenters. The number of fused-ring (bicyclic) bond motifs is 3. The quantitative estimate of drug-likeness (QED) is 0.162. The molecule has 0 saturated carbocycles. The predicted octanol–water partition coefficient (Wildman–Crippen LogP) is 13.6. The molecule has 10 aromatic rings. The Labute approximate surface area is 348 Å². The molecule has 0 radical (unpaired) electrons. The number of para-hydroxylation sites is 1. The molecule has 60 heavy (non-hydrogen) atoms. The van der Waals surface area contributed by atoms with E-state index in [1.807, 2.05) is 103 Å². The van der Waals surface area contributed by atoms with Gasteiger partial charge in [-0.2, -0.15) is 10.5 Å². The van der Waals surface area contributed by atoms with Crippen LogP contribution in [0, 0.1) is 29.6 Å². The minimum Gasteiger partial charge on any atom is -0.308 e. The van der Waals surface area contributed by atoms with Crippen molar-refractivity contribution < 1.29 is 0 Å². The number of hydrogen-bond donors (Lipinski definition) is 0. The Hall–Kier alpha value is -8.38. The molecule has 0 fully saturated rings. The first-order valence-corrected chi connectivity index (χ1v) is 19.9. The Bertz CT molecular complexity index is 3200. The van der Waals surface area contributed by atoms with E-state index in [-0.39, 0.29) is 0 Å². The molecule has 0 aliphatic rings. The van der Waals surface area contributed by atoms with E-state index in [1.54, 1.807) is 0 Å². The highest BCUT2D eigenvalue weighted by atomic mass is 15.0. The van der Waals surface area contributed by atoms with Gasteiger partial charge < -0.3 is 4.57 Å². The first-order chi connectivity index (χ1) is 29.6. The normalized spacial score (nSPS) is 11.1. The van der Waals surface area contributed by atoms with E-state index in [1.165, 1.54) is 5.56 Å². The average molecular weight is 766 g/mol. The smallest absolute Gasteiger partial charge is 0.160 e.